The molecule has 2 unspecified atom stereocenters. The minimum Gasteiger partial charge on any atom is -0.460 e. The van der Waals surface area contributed by atoms with Crippen molar-refractivity contribution >= 4 is 23.6 Å². The summed E-state index contributed by atoms with van der Waals surface area (Å²) in [7, 11) is 0. The Balaban J connectivity index is 4.84. The summed E-state index contributed by atoms with van der Waals surface area (Å²) in [6.45, 7) is 6.30. The second-order valence-electron chi connectivity index (χ2n) is 4.95. The summed E-state index contributed by atoms with van der Waals surface area (Å²) in [6.07, 6.45) is 1.98. The molecule has 0 saturated heterocycles. The molecule has 0 fully saturated rings. The summed E-state index contributed by atoms with van der Waals surface area (Å²) in [6, 6.07) is -1.77. The minimum absolute atomic E-state index is 0.00634. The molecular formula is C15H25N3O5. The van der Waals surface area contributed by atoms with Crippen LogP contribution in [0.15, 0.2) is 12.7 Å². The Kier molecular flexibility index (Phi) is 10.3. The van der Waals surface area contributed by atoms with Crippen LogP contribution in [0.5, 0.6) is 0 Å². The maximum absolute atomic E-state index is 12.2. The van der Waals surface area contributed by atoms with Crippen LogP contribution in [0.3, 0.4) is 0 Å². The Labute approximate surface area is 135 Å². The summed E-state index contributed by atoms with van der Waals surface area (Å²) in [5.74, 6) is -1.76. The lowest BCUT2D eigenvalue weighted by molar-refractivity contribution is -0.147. The van der Waals surface area contributed by atoms with Crippen LogP contribution in [0.2, 0.25) is 0 Å². The van der Waals surface area contributed by atoms with Gasteiger partial charge in [0.2, 0.25) is 11.8 Å². The van der Waals surface area contributed by atoms with Gasteiger partial charge < -0.3 is 25.9 Å². The van der Waals surface area contributed by atoms with Crippen molar-refractivity contribution in [3.8, 4) is 0 Å². The number of nitrogens with one attached hydrogen (secondary N) is 2. The first-order valence-corrected chi connectivity index (χ1v) is 7.42. The van der Waals surface area contributed by atoms with Gasteiger partial charge in [0.1, 0.15) is 24.5 Å². The quantitative estimate of drug-likeness (QED) is 0.344. The Morgan fingerprint density at radius 1 is 1.22 bits per heavy atom. The van der Waals surface area contributed by atoms with Crippen LogP contribution in [0.25, 0.3) is 0 Å². The largest absolute Gasteiger partial charge is 0.460 e. The lowest BCUT2D eigenvalue weighted by Crippen LogP contribution is -2.52. The fraction of sp³-hybridized carbons (Fsp3) is 0.600. The van der Waals surface area contributed by atoms with Gasteiger partial charge in [-0.25, -0.2) is 4.79 Å². The van der Waals surface area contributed by atoms with Crippen molar-refractivity contribution in [1.29, 1.82) is 0 Å². The number of ketones is 1. The van der Waals surface area contributed by atoms with E-state index in [1.807, 2.05) is 0 Å². The SMILES string of the molecule is C=CCOC(=O)C(CCC(C)=O)NC(=O)C(CC)NC(=O)CN. The number of ether oxygens (including phenoxy) is 1. The molecule has 2 amide bonds. The predicted molar refractivity (Wildman–Crippen MR) is 84.3 cm³/mol. The molecule has 8 heteroatoms. The van der Waals surface area contributed by atoms with Crippen molar-refractivity contribution in [2.75, 3.05) is 13.2 Å². The molecule has 0 saturated carbocycles. The third kappa shape index (κ3) is 8.72. The van der Waals surface area contributed by atoms with Gasteiger partial charge in [-0.1, -0.05) is 19.6 Å². The molecule has 0 aliphatic heterocycles. The van der Waals surface area contributed by atoms with Crippen LogP contribution in [0.1, 0.15) is 33.1 Å². The zero-order valence-electron chi connectivity index (χ0n) is 13.6. The molecule has 0 aromatic heterocycles. The Hall–Kier alpha value is -2.22. The average molecular weight is 327 g/mol. The van der Waals surface area contributed by atoms with Crippen LogP contribution < -0.4 is 16.4 Å². The van der Waals surface area contributed by atoms with E-state index >= 15 is 0 Å². The number of carbonyl (C=O) groups is 4. The van der Waals surface area contributed by atoms with E-state index in [0.29, 0.717) is 6.42 Å². The van der Waals surface area contributed by atoms with Crippen molar-refractivity contribution in [1.82, 2.24) is 10.6 Å². The number of rotatable bonds is 11. The first kappa shape index (κ1) is 20.8. The number of nitrogens with two attached hydrogens (primary N) is 1. The predicted octanol–water partition coefficient (Wildman–Crippen LogP) is -0.577. The zero-order chi connectivity index (χ0) is 17.8. The third-order valence-electron chi connectivity index (χ3n) is 2.97. The maximum atomic E-state index is 12.2. The van der Waals surface area contributed by atoms with E-state index in [0.717, 1.165) is 0 Å². The van der Waals surface area contributed by atoms with Gasteiger partial charge in [0.25, 0.3) is 0 Å². The number of hydrogen-bond acceptors (Lipinski definition) is 6. The molecule has 0 bridgehead atoms. The molecule has 8 nitrogen and oxygen atoms in total. The molecule has 0 radical (unpaired) electrons. The Morgan fingerprint density at radius 2 is 1.87 bits per heavy atom. The standard InChI is InChI=1S/C15H25N3O5/c1-4-8-23-15(22)12(7-6-10(3)19)18-14(21)11(5-2)17-13(20)9-16/h4,11-12H,1,5-9,16H2,2-3H3,(H,17,20)(H,18,21). The highest BCUT2D eigenvalue weighted by Crippen LogP contribution is 2.03. The van der Waals surface area contributed by atoms with Crippen LogP contribution in [0, 0.1) is 0 Å². The van der Waals surface area contributed by atoms with E-state index in [4.69, 9.17) is 10.5 Å². The van der Waals surface area contributed by atoms with Gasteiger partial charge in [-0.05, 0) is 19.8 Å². The highest BCUT2D eigenvalue weighted by molar-refractivity contribution is 5.91. The number of esters is 1. The van der Waals surface area contributed by atoms with Crippen LogP contribution in [-0.4, -0.2) is 48.8 Å². The Morgan fingerprint density at radius 3 is 2.35 bits per heavy atom. The number of hydrogen-bond donors (Lipinski definition) is 3. The smallest absolute Gasteiger partial charge is 0.328 e. The first-order chi connectivity index (χ1) is 10.8. The summed E-state index contributed by atoms with van der Waals surface area (Å²) in [5, 5.41) is 4.96. The topological polar surface area (TPSA) is 128 Å². The lowest BCUT2D eigenvalue weighted by Gasteiger charge is -2.21. The normalized spacial score (nSPS) is 12.7. The molecule has 23 heavy (non-hydrogen) atoms. The fourth-order valence-corrected chi connectivity index (χ4v) is 1.72. The van der Waals surface area contributed by atoms with Crippen LogP contribution in [-0.2, 0) is 23.9 Å². The van der Waals surface area contributed by atoms with Gasteiger partial charge >= 0.3 is 5.97 Å². The maximum Gasteiger partial charge on any atom is 0.328 e. The van der Waals surface area contributed by atoms with E-state index in [1.165, 1.54) is 13.0 Å². The van der Waals surface area contributed by atoms with E-state index < -0.39 is 29.9 Å². The molecule has 2 atom stereocenters. The molecule has 0 heterocycles. The summed E-state index contributed by atoms with van der Waals surface area (Å²) < 4.78 is 4.91. The molecule has 130 valence electrons. The second-order valence-corrected chi connectivity index (χ2v) is 4.95. The first-order valence-electron chi connectivity index (χ1n) is 7.42. The van der Waals surface area contributed by atoms with Crippen LogP contribution in [0.4, 0.5) is 0 Å². The van der Waals surface area contributed by atoms with Gasteiger partial charge in [0.05, 0.1) is 6.54 Å². The molecule has 4 N–H and O–H groups in total. The summed E-state index contributed by atoms with van der Waals surface area (Å²) >= 11 is 0. The zero-order valence-corrected chi connectivity index (χ0v) is 13.6. The molecule has 0 aliphatic carbocycles. The average Bonchev–Trinajstić information content (AvgIpc) is 2.53. The van der Waals surface area contributed by atoms with Gasteiger partial charge in [-0.3, -0.25) is 9.59 Å². The van der Waals surface area contributed by atoms with E-state index in [1.54, 1.807) is 6.92 Å². The molecule has 0 aromatic rings. The second kappa shape index (κ2) is 11.4. The highest BCUT2D eigenvalue weighted by atomic mass is 16.5. The molecule has 0 spiro atoms. The molecular weight excluding hydrogens is 302 g/mol. The Bertz CT molecular complexity index is 450. The number of Topliss-reactive ketones (excluding diaryl/α,β-unsaturated/α-hetero) is 1. The van der Waals surface area contributed by atoms with E-state index in [9.17, 15) is 19.2 Å². The summed E-state index contributed by atoms with van der Waals surface area (Å²) in [4.78, 5) is 46.5. The van der Waals surface area contributed by atoms with Gasteiger partial charge in [-0.15, -0.1) is 0 Å². The number of carbonyl (C=O) groups excluding carboxylic acids is 4. The van der Waals surface area contributed by atoms with Crippen molar-refractivity contribution in [3.05, 3.63) is 12.7 Å². The molecule has 0 rings (SSSR count). The molecule has 0 aliphatic rings. The van der Waals surface area contributed by atoms with Gasteiger partial charge in [0.15, 0.2) is 0 Å². The molecule has 0 aromatic carbocycles. The van der Waals surface area contributed by atoms with Crippen LogP contribution >= 0.6 is 0 Å². The van der Waals surface area contributed by atoms with Crippen molar-refractivity contribution in [2.45, 2.75) is 45.2 Å². The van der Waals surface area contributed by atoms with Gasteiger partial charge in [-0.2, -0.15) is 0 Å². The summed E-state index contributed by atoms with van der Waals surface area (Å²) in [5.41, 5.74) is 5.20. The van der Waals surface area contributed by atoms with Crippen molar-refractivity contribution in [2.24, 2.45) is 5.73 Å². The fourth-order valence-electron chi connectivity index (χ4n) is 1.72. The van der Waals surface area contributed by atoms with Gasteiger partial charge in [0, 0.05) is 6.42 Å². The lowest BCUT2D eigenvalue weighted by atomic mass is 10.1. The monoisotopic (exact) mass is 327 g/mol. The van der Waals surface area contributed by atoms with Crippen molar-refractivity contribution < 1.29 is 23.9 Å². The minimum atomic E-state index is -0.963. The number of amides is 2. The third-order valence-corrected chi connectivity index (χ3v) is 2.97. The van der Waals surface area contributed by atoms with E-state index in [2.05, 4.69) is 17.2 Å². The highest BCUT2D eigenvalue weighted by Gasteiger charge is 2.26. The van der Waals surface area contributed by atoms with Crippen molar-refractivity contribution in [3.63, 3.8) is 0 Å². The van der Waals surface area contributed by atoms with E-state index in [-0.39, 0.29) is 31.8 Å².